The molecular weight excluding hydrogens is 295 g/mol. The standard InChI is InChI=1S/C14H19FN2O5/c1-6-8(5-9(16)14(19)20)12(21-3)10(15)13(22-4)11(6)17-7(2)18/h9H,5,16H2,1-4H3,(H,17,18)(H,19,20). The lowest BCUT2D eigenvalue weighted by Crippen LogP contribution is -2.33. The summed E-state index contributed by atoms with van der Waals surface area (Å²) in [5.74, 6) is -2.80. The molecule has 4 N–H and O–H groups in total. The maximum absolute atomic E-state index is 14.5. The molecule has 0 aliphatic carbocycles. The molecule has 0 fully saturated rings. The van der Waals surface area contributed by atoms with Crippen LogP contribution < -0.4 is 20.5 Å². The fraction of sp³-hybridized carbons (Fsp3) is 0.429. The second kappa shape index (κ2) is 7.08. The van der Waals surface area contributed by atoms with Crippen molar-refractivity contribution in [2.24, 2.45) is 5.73 Å². The van der Waals surface area contributed by atoms with Gasteiger partial charge in [-0.3, -0.25) is 9.59 Å². The van der Waals surface area contributed by atoms with Gasteiger partial charge >= 0.3 is 5.97 Å². The lowest BCUT2D eigenvalue weighted by molar-refractivity contribution is -0.138. The molecule has 0 aromatic heterocycles. The topological polar surface area (TPSA) is 111 Å². The molecule has 0 spiro atoms. The molecule has 0 saturated heterocycles. The summed E-state index contributed by atoms with van der Waals surface area (Å²) in [6.07, 6.45) is -0.155. The van der Waals surface area contributed by atoms with E-state index in [1.165, 1.54) is 21.1 Å². The van der Waals surface area contributed by atoms with Crippen LogP contribution in [-0.4, -0.2) is 37.2 Å². The van der Waals surface area contributed by atoms with Gasteiger partial charge in [0, 0.05) is 18.9 Å². The van der Waals surface area contributed by atoms with Crippen LogP contribution in [0.4, 0.5) is 10.1 Å². The predicted molar refractivity (Wildman–Crippen MR) is 77.9 cm³/mol. The zero-order valence-corrected chi connectivity index (χ0v) is 12.8. The van der Waals surface area contributed by atoms with Gasteiger partial charge in [0.1, 0.15) is 6.04 Å². The highest BCUT2D eigenvalue weighted by Gasteiger charge is 2.26. The van der Waals surface area contributed by atoms with E-state index in [9.17, 15) is 14.0 Å². The molecule has 122 valence electrons. The van der Waals surface area contributed by atoms with Gasteiger partial charge in [-0.1, -0.05) is 0 Å². The van der Waals surface area contributed by atoms with Gasteiger partial charge in [-0.05, 0) is 12.5 Å². The molecule has 0 aliphatic rings. The molecule has 7 nitrogen and oxygen atoms in total. The second-order valence-electron chi connectivity index (χ2n) is 4.69. The quantitative estimate of drug-likeness (QED) is 0.724. The van der Waals surface area contributed by atoms with E-state index in [4.69, 9.17) is 20.3 Å². The number of hydrogen-bond donors (Lipinski definition) is 3. The third-order valence-corrected chi connectivity index (χ3v) is 3.18. The first-order chi connectivity index (χ1) is 10.2. The van der Waals surface area contributed by atoms with Crippen molar-refractivity contribution < 1.29 is 28.6 Å². The van der Waals surface area contributed by atoms with Crippen LogP contribution in [-0.2, 0) is 16.0 Å². The molecule has 1 amide bonds. The number of carbonyl (C=O) groups is 2. The van der Waals surface area contributed by atoms with Crippen molar-refractivity contribution in [2.75, 3.05) is 19.5 Å². The number of halogens is 1. The molecular formula is C14H19FN2O5. The number of nitrogens with two attached hydrogens (primary N) is 1. The Labute approximate surface area is 127 Å². The Balaban J connectivity index is 3.56. The Morgan fingerprint density at radius 1 is 1.32 bits per heavy atom. The maximum atomic E-state index is 14.5. The van der Waals surface area contributed by atoms with Gasteiger partial charge in [0.25, 0.3) is 0 Å². The number of amides is 1. The number of benzene rings is 1. The number of ether oxygens (including phenoxy) is 2. The zero-order chi connectivity index (χ0) is 17.0. The van der Waals surface area contributed by atoms with Gasteiger partial charge in [-0.2, -0.15) is 4.39 Å². The van der Waals surface area contributed by atoms with Crippen LogP contribution in [0.3, 0.4) is 0 Å². The monoisotopic (exact) mass is 314 g/mol. The van der Waals surface area contributed by atoms with Gasteiger partial charge in [0.05, 0.1) is 19.9 Å². The first-order valence-corrected chi connectivity index (χ1v) is 6.43. The van der Waals surface area contributed by atoms with E-state index >= 15 is 0 Å². The summed E-state index contributed by atoms with van der Waals surface area (Å²) in [6, 6.07) is -1.23. The van der Waals surface area contributed by atoms with E-state index in [1.54, 1.807) is 6.92 Å². The van der Waals surface area contributed by atoms with Crippen molar-refractivity contribution in [1.29, 1.82) is 0 Å². The molecule has 1 aromatic carbocycles. The van der Waals surface area contributed by atoms with Crippen molar-refractivity contribution in [2.45, 2.75) is 26.3 Å². The highest BCUT2D eigenvalue weighted by Crippen LogP contribution is 2.41. The predicted octanol–water partition coefficient (Wildman–Crippen LogP) is 1.06. The summed E-state index contributed by atoms with van der Waals surface area (Å²) in [4.78, 5) is 22.2. The van der Waals surface area contributed by atoms with Crippen molar-refractivity contribution in [3.63, 3.8) is 0 Å². The zero-order valence-electron chi connectivity index (χ0n) is 12.8. The summed E-state index contributed by atoms with van der Waals surface area (Å²) in [6.45, 7) is 2.86. The minimum Gasteiger partial charge on any atom is -0.493 e. The lowest BCUT2D eigenvalue weighted by Gasteiger charge is -2.21. The van der Waals surface area contributed by atoms with Crippen LogP contribution in [0.1, 0.15) is 18.1 Å². The number of carbonyl (C=O) groups excluding carboxylic acids is 1. The van der Waals surface area contributed by atoms with Crippen molar-refractivity contribution >= 4 is 17.6 Å². The summed E-state index contributed by atoms with van der Waals surface area (Å²) < 4.78 is 24.5. The lowest BCUT2D eigenvalue weighted by atomic mass is 9.97. The first-order valence-electron chi connectivity index (χ1n) is 6.43. The smallest absolute Gasteiger partial charge is 0.320 e. The summed E-state index contributed by atoms with van der Waals surface area (Å²) in [5, 5.41) is 11.4. The van der Waals surface area contributed by atoms with Crippen molar-refractivity contribution in [3.05, 3.63) is 16.9 Å². The Bertz CT molecular complexity index is 604. The third-order valence-electron chi connectivity index (χ3n) is 3.18. The summed E-state index contributed by atoms with van der Waals surface area (Å²) >= 11 is 0. The van der Waals surface area contributed by atoms with Gasteiger partial charge in [0.15, 0.2) is 11.5 Å². The largest absolute Gasteiger partial charge is 0.493 e. The number of nitrogens with one attached hydrogen (secondary N) is 1. The number of anilines is 1. The molecule has 0 aliphatic heterocycles. The van der Waals surface area contributed by atoms with Gasteiger partial charge < -0.3 is 25.6 Å². The minimum absolute atomic E-state index is 0.126. The van der Waals surface area contributed by atoms with Crippen LogP contribution in [0.5, 0.6) is 11.5 Å². The SMILES string of the molecule is COc1c(F)c(OC)c(NC(C)=O)c(C)c1CC(N)C(=O)O. The van der Waals surface area contributed by atoms with E-state index < -0.39 is 23.7 Å². The number of carboxylic acids is 1. The average molecular weight is 314 g/mol. The van der Waals surface area contributed by atoms with Crippen LogP contribution in [0.15, 0.2) is 0 Å². The van der Waals surface area contributed by atoms with Crippen molar-refractivity contribution in [3.8, 4) is 11.5 Å². The normalized spacial score (nSPS) is 11.7. The Hall–Kier alpha value is -2.35. The highest BCUT2D eigenvalue weighted by molar-refractivity contribution is 5.92. The van der Waals surface area contributed by atoms with E-state index in [2.05, 4.69) is 5.32 Å². The molecule has 0 heterocycles. The molecule has 8 heteroatoms. The van der Waals surface area contributed by atoms with Crippen LogP contribution in [0.2, 0.25) is 0 Å². The van der Waals surface area contributed by atoms with Crippen LogP contribution >= 0.6 is 0 Å². The van der Waals surface area contributed by atoms with Crippen LogP contribution in [0.25, 0.3) is 0 Å². The van der Waals surface area contributed by atoms with Crippen LogP contribution in [0, 0.1) is 12.7 Å². The minimum atomic E-state index is -1.23. The van der Waals surface area contributed by atoms with E-state index in [1.807, 2.05) is 0 Å². The maximum Gasteiger partial charge on any atom is 0.320 e. The number of methoxy groups -OCH3 is 2. The molecule has 1 rings (SSSR count). The summed E-state index contributed by atoms with van der Waals surface area (Å²) in [5.41, 5.74) is 6.34. The fourth-order valence-corrected chi connectivity index (χ4v) is 2.12. The fourth-order valence-electron chi connectivity index (χ4n) is 2.12. The van der Waals surface area contributed by atoms with E-state index in [-0.39, 0.29) is 29.2 Å². The molecule has 0 saturated carbocycles. The number of rotatable bonds is 6. The molecule has 0 radical (unpaired) electrons. The molecule has 1 aromatic rings. The van der Waals surface area contributed by atoms with Gasteiger partial charge in [-0.25, -0.2) is 0 Å². The van der Waals surface area contributed by atoms with E-state index in [0.717, 1.165) is 0 Å². The van der Waals surface area contributed by atoms with Gasteiger partial charge in [0.2, 0.25) is 11.7 Å². The molecule has 1 atom stereocenters. The summed E-state index contributed by atoms with van der Waals surface area (Å²) in [7, 11) is 2.51. The third kappa shape index (κ3) is 3.45. The average Bonchev–Trinajstić information content (AvgIpc) is 2.44. The Morgan fingerprint density at radius 2 is 1.86 bits per heavy atom. The second-order valence-corrected chi connectivity index (χ2v) is 4.69. The number of aliphatic carboxylic acids is 1. The first kappa shape index (κ1) is 17.7. The molecule has 0 bridgehead atoms. The molecule has 1 unspecified atom stereocenters. The van der Waals surface area contributed by atoms with Crippen molar-refractivity contribution in [1.82, 2.24) is 0 Å². The van der Waals surface area contributed by atoms with Gasteiger partial charge in [-0.15, -0.1) is 0 Å². The number of carboxylic acid groups (broad SMARTS) is 1. The molecule has 22 heavy (non-hydrogen) atoms. The van der Waals surface area contributed by atoms with E-state index in [0.29, 0.717) is 5.56 Å². The Kier molecular flexibility index (Phi) is 5.69. The Morgan fingerprint density at radius 3 is 2.27 bits per heavy atom. The number of hydrogen-bond acceptors (Lipinski definition) is 5. The highest BCUT2D eigenvalue weighted by atomic mass is 19.1.